The number of rotatable bonds is 6. The second-order valence-corrected chi connectivity index (χ2v) is 8.82. The maximum Gasteiger partial charge on any atom is 0.264 e. The van der Waals surface area contributed by atoms with Crippen molar-refractivity contribution >= 4 is 21.6 Å². The summed E-state index contributed by atoms with van der Waals surface area (Å²) in [6.45, 7) is 0.0990. The number of hydrogen-bond acceptors (Lipinski definition) is 5. The zero-order valence-electron chi connectivity index (χ0n) is 16.9. The Labute approximate surface area is 181 Å². The minimum Gasteiger partial charge on any atom is -0.496 e. The normalized spacial score (nSPS) is 15.5. The molecule has 7 nitrogen and oxygen atoms in total. The molecule has 160 valence electrons. The van der Waals surface area contributed by atoms with Gasteiger partial charge < -0.3 is 14.8 Å². The van der Waals surface area contributed by atoms with Crippen LogP contribution in [0.15, 0.2) is 83.8 Å². The lowest BCUT2D eigenvalue weighted by atomic mass is 10.2. The lowest BCUT2D eigenvalue weighted by Crippen LogP contribution is -2.50. The highest BCUT2D eigenvalue weighted by molar-refractivity contribution is 7.92. The van der Waals surface area contributed by atoms with E-state index < -0.39 is 22.0 Å². The van der Waals surface area contributed by atoms with Gasteiger partial charge in [-0.05, 0) is 30.3 Å². The van der Waals surface area contributed by atoms with Gasteiger partial charge in [0.25, 0.3) is 15.9 Å². The van der Waals surface area contributed by atoms with E-state index in [-0.39, 0.29) is 18.0 Å². The summed E-state index contributed by atoms with van der Waals surface area (Å²) < 4.78 is 39.0. The molecule has 0 bridgehead atoms. The molecule has 1 amide bonds. The van der Waals surface area contributed by atoms with E-state index in [1.165, 1.54) is 16.4 Å². The Hall–Kier alpha value is -3.52. The Morgan fingerprint density at radius 2 is 1.71 bits per heavy atom. The first-order chi connectivity index (χ1) is 15.0. The van der Waals surface area contributed by atoms with Gasteiger partial charge in [-0.3, -0.25) is 9.10 Å². The number of benzene rings is 3. The maximum absolute atomic E-state index is 13.3. The number of amides is 1. The van der Waals surface area contributed by atoms with Crippen LogP contribution in [-0.2, 0) is 21.4 Å². The summed E-state index contributed by atoms with van der Waals surface area (Å²) in [6.07, 6.45) is -0.997. The minimum absolute atomic E-state index is 0.133. The van der Waals surface area contributed by atoms with Crippen LogP contribution >= 0.6 is 0 Å². The fourth-order valence-corrected chi connectivity index (χ4v) is 4.93. The predicted octanol–water partition coefficient (Wildman–Crippen LogP) is 2.97. The van der Waals surface area contributed by atoms with Crippen LogP contribution in [0.1, 0.15) is 5.56 Å². The van der Waals surface area contributed by atoms with Crippen molar-refractivity contribution in [1.29, 1.82) is 0 Å². The molecule has 0 saturated heterocycles. The Morgan fingerprint density at radius 1 is 1.03 bits per heavy atom. The third-order valence-corrected chi connectivity index (χ3v) is 6.80. The van der Waals surface area contributed by atoms with Gasteiger partial charge in [0.1, 0.15) is 11.5 Å². The number of methoxy groups -OCH3 is 1. The van der Waals surface area contributed by atoms with Gasteiger partial charge in [0.2, 0.25) is 0 Å². The summed E-state index contributed by atoms with van der Waals surface area (Å²) in [5, 5.41) is 2.82. The smallest absolute Gasteiger partial charge is 0.264 e. The van der Waals surface area contributed by atoms with Crippen LogP contribution in [0.25, 0.3) is 0 Å². The average molecular weight is 439 g/mol. The molecule has 0 fully saturated rings. The summed E-state index contributed by atoms with van der Waals surface area (Å²) in [5.74, 6) is 0.588. The molecule has 0 aliphatic carbocycles. The minimum atomic E-state index is -3.87. The van der Waals surface area contributed by atoms with E-state index in [9.17, 15) is 13.2 Å². The van der Waals surface area contributed by atoms with Crippen LogP contribution in [0.4, 0.5) is 5.69 Å². The van der Waals surface area contributed by atoms with Crippen molar-refractivity contribution in [3.05, 3.63) is 84.4 Å². The quantitative estimate of drug-likeness (QED) is 0.640. The third-order valence-electron chi connectivity index (χ3n) is 5.00. The summed E-state index contributed by atoms with van der Waals surface area (Å²) >= 11 is 0. The molecular formula is C23H22N2O5S. The molecule has 0 aromatic heterocycles. The molecule has 3 aromatic carbocycles. The molecule has 0 unspecified atom stereocenters. The first kappa shape index (κ1) is 20.7. The maximum atomic E-state index is 13.3. The number of carbonyl (C=O) groups excluding carboxylic acids is 1. The third kappa shape index (κ3) is 4.20. The van der Waals surface area contributed by atoms with Crippen LogP contribution in [0.3, 0.4) is 0 Å². The highest BCUT2D eigenvalue weighted by atomic mass is 32.2. The van der Waals surface area contributed by atoms with Gasteiger partial charge in [0.15, 0.2) is 6.10 Å². The van der Waals surface area contributed by atoms with E-state index in [1.807, 2.05) is 24.3 Å². The molecule has 1 N–H and O–H groups in total. The van der Waals surface area contributed by atoms with Crippen LogP contribution in [-0.4, -0.2) is 34.1 Å². The highest BCUT2D eigenvalue weighted by Crippen LogP contribution is 2.36. The standard InChI is InChI=1S/C23H22N2O5S/c1-29-20-13-7-5-9-17(20)15-24-23(26)22-16-25(19-12-6-8-14-21(19)30-22)31(27,28)18-10-3-2-4-11-18/h2-14,22H,15-16H2,1H3,(H,24,26)/t22-/m1/s1. The molecule has 4 rings (SSSR count). The van der Waals surface area contributed by atoms with Crippen molar-refractivity contribution in [3.63, 3.8) is 0 Å². The molecule has 1 atom stereocenters. The molecule has 1 heterocycles. The molecule has 1 aliphatic heterocycles. The van der Waals surface area contributed by atoms with E-state index in [4.69, 9.17) is 9.47 Å². The average Bonchev–Trinajstić information content (AvgIpc) is 2.82. The number of sulfonamides is 1. The zero-order chi connectivity index (χ0) is 21.8. The fraction of sp³-hybridized carbons (Fsp3) is 0.174. The van der Waals surface area contributed by atoms with Gasteiger partial charge in [-0.1, -0.05) is 48.5 Å². The molecule has 3 aromatic rings. The Kier molecular flexibility index (Phi) is 5.81. The first-order valence-corrected chi connectivity index (χ1v) is 11.2. The molecule has 8 heteroatoms. The van der Waals surface area contributed by atoms with Gasteiger partial charge in [-0.15, -0.1) is 0 Å². The number of para-hydroxylation sites is 3. The number of fused-ring (bicyclic) bond motifs is 1. The summed E-state index contributed by atoms with van der Waals surface area (Å²) in [7, 11) is -2.30. The molecular weight excluding hydrogens is 416 g/mol. The van der Waals surface area contributed by atoms with Crippen molar-refractivity contribution in [3.8, 4) is 11.5 Å². The van der Waals surface area contributed by atoms with E-state index in [1.54, 1.807) is 49.6 Å². The summed E-state index contributed by atoms with van der Waals surface area (Å²) in [5.41, 5.74) is 1.21. The van der Waals surface area contributed by atoms with Gasteiger partial charge in [-0.2, -0.15) is 0 Å². The van der Waals surface area contributed by atoms with E-state index in [2.05, 4.69) is 5.32 Å². The Morgan fingerprint density at radius 3 is 2.48 bits per heavy atom. The van der Waals surface area contributed by atoms with Gasteiger partial charge in [0.05, 0.1) is 24.2 Å². The van der Waals surface area contributed by atoms with Crippen molar-refractivity contribution in [2.45, 2.75) is 17.5 Å². The SMILES string of the molecule is COc1ccccc1CNC(=O)[C@H]1CN(S(=O)(=O)c2ccccc2)c2ccccc2O1. The predicted molar refractivity (Wildman–Crippen MR) is 117 cm³/mol. The number of nitrogens with one attached hydrogen (secondary N) is 1. The molecule has 1 aliphatic rings. The zero-order valence-corrected chi connectivity index (χ0v) is 17.7. The van der Waals surface area contributed by atoms with Crippen LogP contribution in [0, 0.1) is 0 Å². The number of hydrogen-bond donors (Lipinski definition) is 1. The lowest BCUT2D eigenvalue weighted by molar-refractivity contribution is -0.127. The van der Waals surface area contributed by atoms with E-state index in [0.717, 1.165) is 5.56 Å². The highest BCUT2D eigenvalue weighted by Gasteiger charge is 2.37. The number of ether oxygens (including phenoxy) is 2. The number of anilines is 1. The molecule has 0 saturated carbocycles. The largest absolute Gasteiger partial charge is 0.496 e. The van der Waals surface area contributed by atoms with E-state index in [0.29, 0.717) is 17.2 Å². The van der Waals surface area contributed by atoms with Gasteiger partial charge in [0, 0.05) is 12.1 Å². The van der Waals surface area contributed by atoms with Crippen molar-refractivity contribution < 1.29 is 22.7 Å². The van der Waals surface area contributed by atoms with Crippen LogP contribution in [0.5, 0.6) is 11.5 Å². The fourth-order valence-electron chi connectivity index (χ4n) is 3.43. The monoisotopic (exact) mass is 438 g/mol. The van der Waals surface area contributed by atoms with Crippen LogP contribution in [0.2, 0.25) is 0 Å². The summed E-state index contributed by atoms with van der Waals surface area (Å²) in [6, 6.07) is 22.3. The van der Waals surface area contributed by atoms with Crippen molar-refractivity contribution in [2.24, 2.45) is 0 Å². The Balaban J connectivity index is 1.59. The first-order valence-electron chi connectivity index (χ1n) is 9.74. The van der Waals surface area contributed by atoms with Gasteiger partial charge >= 0.3 is 0 Å². The second-order valence-electron chi connectivity index (χ2n) is 6.95. The van der Waals surface area contributed by atoms with Crippen molar-refractivity contribution in [1.82, 2.24) is 5.32 Å². The lowest BCUT2D eigenvalue weighted by Gasteiger charge is -2.34. The molecule has 31 heavy (non-hydrogen) atoms. The summed E-state index contributed by atoms with van der Waals surface area (Å²) in [4.78, 5) is 13.0. The Bertz CT molecular complexity index is 1180. The number of nitrogens with zero attached hydrogens (tertiary/aromatic N) is 1. The van der Waals surface area contributed by atoms with E-state index >= 15 is 0 Å². The number of carbonyl (C=O) groups is 1. The second kappa shape index (κ2) is 8.69. The molecule has 0 radical (unpaired) electrons. The van der Waals surface area contributed by atoms with Crippen molar-refractivity contribution in [2.75, 3.05) is 18.0 Å². The van der Waals surface area contributed by atoms with Crippen LogP contribution < -0.4 is 19.1 Å². The van der Waals surface area contributed by atoms with Gasteiger partial charge in [-0.25, -0.2) is 8.42 Å². The topological polar surface area (TPSA) is 84.9 Å². The molecule has 0 spiro atoms.